The van der Waals surface area contributed by atoms with Gasteiger partial charge in [-0.15, -0.1) is 0 Å². The Kier molecular flexibility index (Phi) is 6.43. The fraction of sp³-hybridized carbons (Fsp3) is 0.533. The van der Waals surface area contributed by atoms with Gasteiger partial charge in [0.05, 0.1) is 11.6 Å². The van der Waals surface area contributed by atoms with Crippen molar-refractivity contribution in [1.29, 1.82) is 0 Å². The summed E-state index contributed by atoms with van der Waals surface area (Å²) in [6.07, 6.45) is -2.94. The van der Waals surface area contributed by atoms with Crippen molar-refractivity contribution in [1.82, 2.24) is 0 Å². The van der Waals surface area contributed by atoms with Gasteiger partial charge in [-0.2, -0.15) is 0 Å². The molecule has 0 bridgehead atoms. The summed E-state index contributed by atoms with van der Waals surface area (Å²) in [6, 6.07) is 7.05. The summed E-state index contributed by atoms with van der Waals surface area (Å²) in [5.41, 5.74) is -1.42. The van der Waals surface area contributed by atoms with Gasteiger partial charge >= 0.3 is 13.6 Å². The molecule has 8 nitrogen and oxygen atoms in total. The minimum absolute atomic E-state index is 0.289. The summed E-state index contributed by atoms with van der Waals surface area (Å²) in [5, 5.41) is 10.5. The molecule has 136 valence electrons. The first-order chi connectivity index (χ1) is 11.7. The van der Waals surface area contributed by atoms with Gasteiger partial charge in [0.25, 0.3) is 0 Å². The first kappa shape index (κ1) is 20.1. The molecule has 1 aliphatic rings. The zero-order valence-corrected chi connectivity index (χ0v) is 15.0. The van der Waals surface area contributed by atoms with Crippen molar-refractivity contribution in [3.8, 4) is 0 Å². The lowest BCUT2D eigenvalue weighted by atomic mass is 9.82. The van der Waals surface area contributed by atoms with Crippen LogP contribution in [-0.4, -0.2) is 63.5 Å². The van der Waals surface area contributed by atoms with Crippen molar-refractivity contribution in [3.05, 3.63) is 35.9 Å². The van der Waals surface area contributed by atoms with Gasteiger partial charge in [0.2, 0.25) is 0 Å². The van der Waals surface area contributed by atoms with Gasteiger partial charge < -0.3 is 28.4 Å². The zero-order chi connectivity index (χ0) is 18.7. The lowest BCUT2D eigenvalue weighted by Crippen LogP contribution is -2.48. The molecule has 1 heterocycles. The van der Waals surface area contributed by atoms with E-state index in [2.05, 4.69) is 0 Å². The summed E-state index contributed by atoms with van der Waals surface area (Å²) in [7, 11) is 4.67. The minimum atomic E-state index is -3.48. The van der Waals surface area contributed by atoms with Crippen LogP contribution in [0.3, 0.4) is 0 Å². The predicted molar refractivity (Wildman–Crippen MR) is 88.3 cm³/mol. The molecule has 4 unspecified atom stereocenters. The van der Waals surface area contributed by atoms with Crippen LogP contribution in [0.15, 0.2) is 30.3 Å². The predicted octanol–water partition coefficient (Wildman–Crippen LogP) is 1.27. The third-order valence-corrected chi connectivity index (χ3v) is 5.45. The molecule has 2 rings (SSSR count). The van der Waals surface area contributed by atoms with Crippen LogP contribution in [0.1, 0.15) is 17.3 Å². The Bertz CT molecular complexity index is 630. The molecule has 0 spiro atoms. The lowest BCUT2D eigenvalue weighted by molar-refractivity contribution is -0.153. The second kappa shape index (κ2) is 7.99. The van der Waals surface area contributed by atoms with E-state index >= 15 is 0 Å². The Labute approximate surface area is 147 Å². The summed E-state index contributed by atoms with van der Waals surface area (Å²) >= 11 is 0. The Morgan fingerprint density at radius 1 is 1.32 bits per heavy atom. The van der Waals surface area contributed by atoms with Crippen LogP contribution in [-0.2, 0) is 27.8 Å². The molecule has 25 heavy (non-hydrogen) atoms. The number of ether oxygens (including phenoxy) is 3. The summed E-state index contributed by atoms with van der Waals surface area (Å²) in [6.45, 7) is 1.36. The molecule has 4 atom stereocenters. The van der Waals surface area contributed by atoms with Gasteiger partial charge in [-0.3, -0.25) is 4.57 Å². The number of benzene rings is 1. The van der Waals surface area contributed by atoms with E-state index in [1.54, 1.807) is 30.3 Å². The van der Waals surface area contributed by atoms with Crippen molar-refractivity contribution in [2.24, 2.45) is 0 Å². The van der Waals surface area contributed by atoms with Crippen molar-refractivity contribution in [3.63, 3.8) is 0 Å². The first-order valence-corrected chi connectivity index (χ1v) is 9.18. The van der Waals surface area contributed by atoms with Gasteiger partial charge in [0, 0.05) is 14.2 Å². The fourth-order valence-corrected chi connectivity index (χ4v) is 2.88. The molecular weight excluding hydrogens is 350 g/mol. The van der Waals surface area contributed by atoms with E-state index in [4.69, 9.17) is 31.1 Å². The quantitative estimate of drug-likeness (QED) is 0.435. The van der Waals surface area contributed by atoms with Gasteiger partial charge in [0.1, 0.15) is 13.4 Å². The standard InChI is InChI=1S/C15H20BO8P/c1-15(18)11(23-12(17)10-7-5-4-6-8-10)13(24-14(15)16)22-9-25(19,20-2)21-3/h4-8,11,13-14,18H,9H2,1-3H3. The molecule has 2 radical (unpaired) electrons. The fourth-order valence-electron chi connectivity index (χ4n) is 2.19. The van der Waals surface area contributed by atoms with Crippen LogP contribution in [0.5, 0.6) is 0 Å². The van der Waals surface area contributed by atoms with Crippen LogP contribution in [0.2, 0.25) is 0 Å². The van der Waals surface area contributed by atoms with Crippen molar-refractivity contribution in [2.45, 2.75) is 30.9 Å². The highest BCUT2D eigenvalue weighted by Gasteiger charge is 2.54. The molecule has 10 heteroatoms. The lowest BCUT2D eigenvalue weighted by Gasteiger charge is -2.28. The average molecular weight is 370 g/mol. The maximum absolute atomic E-state index is 12.3. The third-order valence-electron chi connectivity index (χ3n) is 3.88. The minimum Gasteiger partial charge on any atom is -0.450 e. The largest absolute Gasteiger partial charge is 0.450 e. The van der Waals surface area contributed by atoms with Crippen molar-refractivity contribution >= 4 is 21.4 Å². The smallest absolute Gasteiger partial charge is 0.355 e. The Hall–Kier alpha value is -1.22. The molecule has 1 aromatic rings. The summed E-state index contributed by atoms with van der Waals surface area (Å²) in [4.78, 5) is 12.3. The van der Waals surface area contributed by atoms with Crippen LogP contribution in [0.4, 0.5) is 0 Å². The molecule has 0 saturated carbocycles. The van der Waals surface area contributed by atoms with Crippen molar-refractivity contribution < 1.29 is 37.7 Å². The molecule has 0 aliphatic carbocycles. The van der Waals surface area contributed by atoms with Crippen LogP contribution >= 0.6 is 7.60 Å². The Morgan fingerprint density at radius 2 is 1.92 bits per heavy atom. The second-order valence-electron chi connectivity index (χ2n) is 5.61. The SMILES string of the molecule is [B]C1OC(OCP(=O)(OC)OC)C(OC(=O)c2ccccc2)C1(C)O. The molecule has 1 aromatic carbocycles. The molecule has 1 aliphatic heterocycles. The van der Waals surface area contributed by atoms with E-state index in [0.717, 1.165) is 0 Å². The van der Waals surface area contributed by atoms with E-state index in [0.29, 0.717) is 0 Å². The topological polar surface area (TPSA) is 101 Å². The molecule has 1 fully saturated rings. The highest BCUT2D eigenvalue weighted by molar-refractivity contribution is 7.53. The van der Waals surface area contributed by atoms with E-state index in [1.165, 1.54) is 21.1 Å². The molecular formula is C15H20BO8P. The molecule has 1 saturated heterocycles. The van der Waals surface area contributed by atoms with Gasteiger partial charge in [-0.05, 0) is 19.1 Å². The van der Waals surface area contributed by atoms with Crippen molar-refractivity contribution in [2.75, 3.05) is 20.6 Å². The molecule has 1 N–H and O–H groups in total. The number of hydrogen-bond acceptors (Lipinski definition) is 8. The average Bonchev–Trinajstić information content (AvgIpc) is 2.83. The summed E-state index contributed by atoms with van der Waals surface area (Å²) in [5.74, 6) is -0.682. The third kappa shape index (κ3) is 4.50. The van der Waals surface area contributed by atoms with E-state index < -0.39 is 43.9 Å². The second-order valence-corrected chi connectivity index (χ2v) is 7.82. The number of esters is 1. The van der Waals surface area contributed by atoms with E-state index in [-0.39, 0.29) is 5.56 Å². The molecule has 0 aromatic heterocycles. The maximum atomic E-state index is 12.3. The number of rotatable bonds is 7. The molecule has 0 amide bonds. The highest BCUT2D eigenvalue weighted by atomic mass is 31.2. The Morgan fingerprint density at radius 3 is 2.48 bits per heavy atom. The van der Waals surface area contributed by atoms with Gasteiger partial charge in [-0.1, -0.05) is 18.2 Å². The summed E-state index contributed by atoms with van der Waals surface area (Å²) < 4.78 is 37.6. The van der Waals surface area contributed by atoms with Gasteiger partial charge in [0.15, 0.2) is 18.7 Å². The monoisotopic (exact) mass is 370 g/mol. The zero-order valence-electron chi connectivity index (χ0n) is 14.2. The number of aliphatic hydroxyl groups is 1. The number of carbonyl (C=O) groups excluding carboxylic acids is 1. The van der Waals surface area contributed by atoms with E-state index in [1.807, 2.05) is 0 Å². The Balaban J connectivity index is 2.13. The van der Waals surface area contributed by atoms with Crippen LogP contribution in [0, 0.1) is 0 Å². The number of carbonyl (C=O) groups is 1. The van der Waals surface area contributed by atoms with Gasteiger partial charge in [-0.25, -0.2) is 4.79 Å². The maximum Gasteiger partial charge on any atom is 0.355 e. The van der Waals surface area contributed by atoms with Crippen LogP contribution < -0.4 is 0 Å². The highest BCUT2D eigenvalue weighted by Crippen LogP contribution is 2.47. The van der Waals surface area contributed by atoms with E-state index in [9.17, 15) is 14.5 Å². The normalized spacial score (nSPS) is 29.5. The van der Waals surface area contributed by atoms with Crippen LogP contribution in [0.25, 0.3) is 0 Å². The first-order valence-electron chi connectivity index (χ1n) is 7.45. The number of hydrogen-bond donors (Lipinski definition) is 1.